The van der Waals surface area contributed by atoms with Crippen molar-refractivity contribution in [3.63, 3.8) is 0 Å². The van der Waals surface area contributed by atoms with Crippen LogP contribution >= 0.6 is 31.9 Å². The van der Waals surface area contributed by atoms with E-state index in [2.05, 4.69) is 42.6 Å². The summed E-state index contributed by atoms with van der Waals surface area (Å²) in [5.74, 6) is 2.89. The molecule has 0 nitrogen and oxygen atoms in total. The van der Waals surface area contributed by atoms with Crippen LogP contribution in [-0.4, -0.2) is 28.4 Å². The van der Waals surface area contributed by atoms with Gasteiger partial charge in [0, 0.05) is 27.7 Å². The Morgan fingerprint density at radius 3 is 2.50 bits per heavy atom. The van der Waals surface area contributed by atoms with Gasteiger partial charge in [-0.15, -0.1) is 0 Å². The third kappa shape index (κ3) is 10.3. The maximum Gasteiger partial charge on any atom is 2.00 e. The van der Waals surface area contributed by atoms with Gasteiger partial charge in [-0.1, -0.05) is 21.9 Å². The molecule has 0 aliphatic rings. The van der Waals surface area contributed by atoms with Crippen LogP contribution in [0, 0.1) is 10.8 Å². The summed E-state index contributed by atoms with van der Waals surface area (Å²) in [5, 5.41) is 1.05. The van der Waals surface area contributed by atoms with Crippen molar-refractivity contribution in [2.24, 2.45) is 0 Å². The molecule has 0 fully saturated rings. The fraction of sp³-hybridized carbons (Fsp3) is 0.600. The third-order valence-corrected chi connectivity index (χ3v) is 1.34. The van der Waals surface area contributed by atoms with E-state index in [0.29, 0.717) is 0 Å². The van der Waals surface area contributed by atoms with E-state index in [1.807, 2.05) is 0 Å². The molecule has 0 saturated heterocycles. The van der Waals surface area contributed by atoms with Gasteiger partial charge in [-0.3, -0.25) is 0 Å². The third-order valence-electron chi connectivity index (χ3n) is 0.502. The van der Waals surface area contributed by atoms with Crippen molar-refractivity contribution in [3.8, 4) is 10.8 Å². The molecule has 0 amide bonds. The van der Waals surface area contributed by atoms with Gasteiger partial charge >= 0.3 is 23.1 Å². The molecule has 0 aliphatic carbocycles. The minimum atomic E-state index is 0. The van der Waals surface area contributed by atoms with E-state index in [-0.39, 0.29) is 25.9 Å². The molecule has 8 heavy (non-hydrogen) atoms. The SMILES string of the molecule is BrC#CCCCBr.[H-].[H-].[Mg+2]. The van der Waals surface area contributed by atoms with Crippen molar-refractivity contribution in [1.29, 1.82) is 0 Å². The average Bonchev–Trinajstić information content (AvgIpc) is 1.69. The van der Waals surface area contributed by atoms with Crippen LogP contribution in [0.25, 0.3) is 0 Å². The molecule has 0 aliphatic heterocycles. The number of halogens is 2. The molecule has 0 unspecified atom stereocenters. The van der Waals surface area contributed by atoms with Gasteiger partial charge < -0.3 is 2.85 Å². The van der Waals surface area contributed by atoms with Crippen LogP contribution in [0.4, 0.5) is 0 Å². The first-order valence-electron chi connectivity index (χ1n) is 2.06. The van der Waals surface area contributed by atoms with Gasteiger partial charge in [-0.05, 0) is 11.3 Å². The second-order valence-electron chi connectivity index (χ2n) is 1.06. The molecule has 3 heteroatoms. The first kappa shape index (κ1) is 12.0. The maximum absolute atomic E-state index is 3.30. The molecule has 0 atom stereocenters. The predicted octanol–water partition coefficient (Wildman–Crippen LogP) is 2.36. The average molecular weight is 252 g/mol. The van der Waals surface area contributed by atoms with Crippen LogP contribution < -0.4 is 0 Å². The Labute approximate surface area is 86.2 Å². The van der Waals surface area contributed by atoms with Gasteiger partial charge in [-0.25, -0.2) is 0 Å². The van der Waals surface area contributed by atoms with E-state index in [1.54, 1.807) is 0 Å². The number of unbranched alkanes of at least 4 members (excludes halogenated alkanes) is 1. The number of rotatable bonds is 2. The maximum atomic E-state index is 3.30. The molecule has 0 radical (unpaired) electrons. The topological polar surface area (TPSA) is 0 Å². The standard InChI is InChI=1S/C5H6Br2.Mg.2H/c6-4-2-1-3-5-7;;;/h1-2,4H2;;;/q;+2;2*-1. The molecule has 0 N–H and O–H groups in total. The second kappa shape index (κ2) is 11.1. The molecule has 44 valence electrons. The Morgan fingerprint density at radius 1 is 1.50 bits per heavy atom. The predicted molar refractivity (Wildman–Crippen MR) is 47.7 cm³/mol. The summed E-state index contributed by atoms with van der Waals surface area (Å²) in [6.45, 7) is 0. The first-order valence-corrected chi connectivity index (χ1v) is 3.97. The molecular formula is C5H8Br2Mg. The Bertz CT molecular complexity index is 89.4. The minimum absolute atomic E-state index is 0. The number of alkyl halides is 1. The van der Waals surface area contributed by atoms with E-state index >= 15 is 0 Å². The number of hydrogen-bond acceptors (Lipinski definition) is 0. The zero-order valence-electron chi connectivity index (χ0n) is 6.58. The molecule has 0 saturated carbocycles. The Morgan fingerprint density at radius 2 is 2.12 bits per heavy atom. The second-order valence-corrected chi connectivity index (χ2v) is 2.25. The monoisotopic (exact) mass is 250 g/mol. The molecular weight excluding hydrogens is 244 g/mol. The smallest absolute Gasteiger partial charge is 1.00 e. The van der Waals surface area contributed by atoms with Gasteiger partial charge in [0.25, 0.3) is 0 Å². The molecule has 0 heterocycles. The van der Waals surface area contributed by atoms with Crippen LogP contribution in [0.1, 0.15) is 15.7 Å². The van der Waals surface area contributed by atoms with Gasteiger partial charge in [0.15, 0.2) is 0 Å². The minimum Gasteiger partial charge on any atom is -1.00 e. The Balaban J connectivity index is -0.0000000600. The molecule has 0 aromatic rings. The summed E-state index contributed by atoms with van der Waals surface area (Å²) in [6, 6.07) is 0. The zero-order chi connectivity index (χ0) is 5.54. The molecule has 0 bridgehead atoms. The van der Waals surface area contributed by atoms with Gasteiger partial charge in [-0.2, -0.15) is 0 Å². The molecule has 0 aromatic heterocycles. The van der Waals surface area contributed by atoms with Gasteiger partial charge in [0.1, 0.15) is 0 Å². The van der Waals surface area contributed by atoms with Crippen molar-refractivity contribution in [3.05, 3.63) is 0 Å². The van der Waals surface area contributed by atoms with Crippen LogP contribution in [0.5, 0.6) is 0 Å². The fourth-order valence-electron chi connectivity index (χ4n) is 0.202. The van der Waals surface area contributed by atoms with Crippen LogP contribution in [0.3, 0.4) is 0 Å². The van der Waals surface area contributed by atoms with Crippen molar-refractivity contribution in [2.45, 2.75) is 12.8 Å². The van der Waals surface area contributed by atoms with Gasteiger partial charge in [0.2, 0.25) is 0 Å². The molecule has 0 spiro atoms. The Kier molecular flexibility index (Phi) is 16.7. The van der Waals surface area contributed by atoms with Crippen molar-refractivity contribution in [2.75, 3.05) is 5.33 Å². The normalized spacial score (nSPS) is 6.25. The largest absolute Gasteiger partial charge is 2.00 e. The zero-order valence-corrected chi connectivity index (χ0v) is 9.17. The van der Waals surface area contributed by atoms with E-state index in [1.165, 1.54) is 0 Å². The van der Waals surface area contributed by atoms with Crippen LogP contribution in [0.15, 0.2) is 0 Å². The summed E-state index contributed by atoms with van der Waals surface area (Å²) in [4.78, 5) is 2.64. The van der Waals surface area contributed by atoms with Crippen molar-refractivity contribution >= 4 is 54.9 Å². The molecule has 0 rings (SSSR count). The Hall–Kier alpha value is 1.29. The first-order chi connectivity index (χ1) is 3.41. The summed E-state index contributed by atoms with van der Waals surface area (Å²) in [6.07, 6.45) is 2.12. The summed E-state index contributed by atoms with van der Waals surface area (Å²) in [7, 11) is 0. The van der Waals surface area contributed by atoms with E-state index < -0.39 is 0 Å². The summed E-state index contributed by atoms with van der Waals surface area (Å²) < 4.78 is 0. The molecule has 0 aromatic carbocycles. The fourth-order valence-corrected chi connectivity index (χ4v) is 0.681. The van der Waals surface area contributed by atoms with Crippen molar-refractivity contribution < 1.29 is 2.85 Å². The number of hydrogen-bond donors (Lipinski definition) is 0. The van der Waals surface area contributed by atoms with E-state index in [9.17, 15) is 0 Å². The summed E-state index contributed by atoms with van der Waals surface area (Å²) >= 11 is 6.30. The van der Waals surface area contributed by atoms with Crippen molar-refractivity contribution in [1.82, 2.24) is 0 Å². The van der Waals surface area contributed by atoms with Gasteiger partial charge in [0.05, 0.1) is 0 Å². The van der Waals surface area contributed by atoms with Crippen LogP contribution in [-0.2, 0) is 0 Å². The summed E-state index contributed by atoms with van der Waals surface area (Å²) in [5.41, 5.74) is 0. The quantitative estimate of drug-likeness (QED) is 0.306. The van der Waals surface area contributed by atoms with Crippen LogP contribution in [0.2, 0.25) is 0 Å². The van der Waals surface area contributed by atoms with E-state index in [4.69, 9.17) is 0 Å². The van der Waals surface area contributed by atoms with E-state index in [0.717, 1.165) is 18.2 Å².